The lowest BCUT2D eigenvalue weighted by atomic mass is 10.0. The van der Waals surface area contributed by atoms with Crippen LogP contribution in [0.25, 0.3) is 0 Å². The van der Waals surface area contributed by atoms with Crippen LogP contribution >= 0.6 is 0 Å². The largest absolute Gasteiger partial charge is 0.465 e. The van der Waals surface area contributed by atoms with Gasteiger partial charge in [0.05, 0.1) is 0 Å². The van der Waals surface area contributed by atoms with Gasteiger partial charge in [-0.05, 0) is 12.8 Å². The first kappa shape index (κ1) is 23.0. The van der Waals surface area contributed by atoms with Gasteiger partial charge in [-0.1, -0.05) is 110 Å². The summed E-state index contributed by atoms with van der Waals surface area (Å²) in [6.07, 6.45) is 21.5. The second-order valence-electron chi connectivity index (χ2n) is 7.09. The monoisotopic (exact) mass is 339 g/mol. The number of hydrogen-bond acceptors (Lipinski definition) is 1. The summed E-state index contributed by atoms with van der Waals surface area (Å²) in [5.41, 5.74) is 0.618. The molecule has 0 unspecified atom stereocenters. The number of hydrogen-bond donors (Lipinski definition) is 2. The van der Waals surface area contributed by atoms with E-state index < -0.39 is 6.09 Å². The Morgan fingerprint density at radius 1 is 0.708 bits per heavy atom. The summed E-state index contributed by atoms with van der Waals surface area (Å²) in [5.74, 6) is 0. The average molecular weight is 340 g/mol. The molecule has 0 bridgehead atoms. The van der Waals surface area contributed by atoms with Crippen molar-refractivity contribution in [1.29, 1.82) is 0 Å². The Balaban J connectivity index is 3.07. The Morgan fingerprint density at radius 2 is 1.04 bits per heavy atom. The van der Waals surface area contributed by atoms with E-state index in [1.54, 1.807) is 0 Å². The number of carbonyl (C=O) groups is 1. The fraction of sp³-hybridized carbons (Fsp3) is 0.857. The highest BCUT2D eigenvalue weighted by atomic mass is 16.4. The first-order valence-corrected chi connectivity index (χ1v) is 10.3. The Bertz CT molecular complexity index is 302. The Labute approximate surface area is 150 Å². The van der Waals surface area contributed by atoms with Crippen LogP contribution in [-0.2, 0) is 0 Å². The molecule has 0 aromatic carbocycles. The van der Waals surface area contributed by atoms with Crippen LogP contribution in [0, 0.1) is 0 Å². The second-order valence-corrected chi connectivity index (χ2v) is 7.09. The molecule has 0 radical (unpaired) electrons. The highest BCUT2D eigenvalue weighted by Gasteiger charge is 1.99. The van der Waals surface area contributed by atoms with Gasteiger partial charge < -0.3 is 5.11 Å². The maximum atomic E-state index is 10.4. The van der Waals surface area contributed by atoms with E-state index in [9.17, 15) is 4.79 Å². The predicted octanol–water partition coefficient (Wildman–Crippen LogP) is 7.42. The molecule has 0 saturated carbocycles. The molecule has 24 heavy (non-hydrogen) atoms. The fourth-order valence-corrected chi connectivity index (χ4v) is 3.10. The van der Waals surface area contributed by atoms with E-state index in [0.29, 0.717) is 5.70 Å². The summed E-state index contributed by atoms with van der Waals surface area (Å²) in [7, 11) is 0. The average Bonchev–Trinajstić information content (AvgIpc) is 2.53. The lowest BCUT2D eigenvalue weighted by molar-refractivity contribution is 0.197. The highest BCUT2D eigenvalue weighted by molar-refractivity contribution is 5.66. The van der Waals surface area contributed by atoms with Crippen molar-refractivity contribution in [3.63, 3.8) is 0 Å². The number of nitrogens with one attached hydrogen (secondary N) is 1. The van der Waals surface area contributed by atoms with Gasteiger partial charge in [-0.2, -0.15) is 0 Å². The molecule has 0 rings (SSSR count). The van der Waals surface area contributed by atoms with Gasteiger partial charge in [0.1, 0.15) is 0 Å². The summed E-state index contributed by atoms with van der Waals surface area (Å²) in [6, 6.07) is 0. The van der Waals surface area contributed by atoms with Crippen LogP contribution in [0.15, 0.2) is 12.3 Å². The first-order chi connectivity index (χ1) is 11.7. The number of amides is 1. The van der Waals surface area contributed by atoms with Gasteiger partial charge in [0.25, 0.3) is 0 Å². The zero-order valence-electron chi connectivity index (χ0n) is 16.1. The molecule has 0 aliphatic heterocycles. The Kier molecular flexibility index (Phi) is 17.6. The number of rotatable bonds is 18. The molecular weight excluding hydrogens is 298 g/mol. The van der Waals surface area contributed by atoms with E-state index in [-0.39, 0.29) is 0 Å². The van der Waals surface area contributed by atoms with Crippen molar-refractivity contribution >= 4 is 6.09 Å². The Morgan fingerprint density at radius 3 is 1.38 bits per heavy atom. The third-order valence-electron chi connectivity index (χ3n) is 4.62. The molecule has 142 valence electrons. The van der Waals surface area contributed by atoms with Crippen molar-refractivity contribution in [3.8, 4) is 0 Å². The Hall–Kier alpha value is -0.990. The number of allylic oxidation sites excluding steroid dienone is 1. The minimum Gasteiger partial charge on any atom is -0.465 e. The summed E-state index contributed by atoms with van der Waals surface area (Å²) < 4.78 is 0. The molecule has 0 aliphatic carbocycles. The molecule has 0 spiro atoms. The van der Waals surface area contributed by atoms with Crippen LogP contribution in [0.2, 0.25) is 0 Å². The van der Waals surface area contributed by atoms with Crippen molar-refractivity contribution in [3.05, 3.63) is 12.3 Å². The van der Waals surface area contributed by atoms with Gasteiger partial charge in [0.15, 0.2) is 0 Å². The van der Waals surface area contributed by atoms with Crippen LogP contribution in [0.4, 0.5) is 4.79 Å². The molecule has 2 N–H and O–H groups in total. The quantitative estimate of drug-likeness (QED) is 0.255. The van der Waals surface area contributed by atoms with Crippen molar-refractivity contribution < 1.29 is 9.90 Å². The lowest BCUT2D eigenvalue weighted by Crippen LogP contribution is -2.19. The van der Waals surface area contributed by atoms with Crippen LogP contribution in [0.1, 0.15) is 116 Å². The predicted molar refractivity (Wildman–Crippen MR) is 104 cm³/mol. The smallest absolute Gasteiger partial charge is 0.408 e. The van der Waals surface area contributed by atoms with Gasteiger partial charge >= 0.3 is 6.09 Å². The zero-order chi connectivity index (χ0) is 17.9. The summed E-state index contributed by atoms with van der Waals surface area (Å²) in [5, 5.41) is 10.9. The molecule has 0 atom stereocenters. The fourth-order valence-electron chi connectivity index (χ4n) is 3.10. The molecule has 1 amide bonds. The van der Waals surface area contributed by atoms with Crippen LogP contribution < -0.4 is 5.32 Å². The SMILES string of the molecule is C=C(CCCCCCCCCCCCCCCCCC)NC(=O)O. The van der Waals surface area contributed by atoms with E-state index >= 15 is 0 Å². The molecular formula is C21H41NO2. The van der Waals surface area contributed by atoms with Crippen molar-refractivity contribution in [2.75, 3.05) is 0 Å². The third kappa shape index (κ3) is 19.1. The lowest BCUT2D eigenvalue weighted by Gasteiger charge is -2.05. The highest BCUT2D eigenvalue weighted by Crippen LogP contribution is 2.14. The molecule has 3 nitrogen and oxygen atoms in total. The zero-order valence-corrected chi connectivity index (χ0v) is 16.1. The van der Waals surface area contributed by atoms with Crippen LogP contribution in [0.3, 0.4) is 0 Å². The second kappa shape index (κ2) is 18.4. The van der Waals surface area contributed by atoms with E-state index in [0.717, 1.165) is 12.8 Å². The van der Waals surface area contributed by atoms with Crippen molar-refractivity contribution in [2.24, 2.45) is 0 Å². The molecule has 0 aromatic rings. The summed E-state index contributed by atoms with van der Waals surface area (Å²) in [6.45, 7) is 5.98. The van der Waals surface area contributed by atoms with Gasteiger partial charge in [-0.15, -0.1) is 0 Å². The molecule has 0 heterocycles. The topological polar surface area (TPSA) is 49.3 Å². The van der Waals surface area contributed by atoms with Crippen LogP contribution in [-0.4, -0.2) is 11.2 Å². The minimum atomic E-state index is -1.00. The summed E-state index contributed by atoms with van der Waals surface area (Å²) in [4.78, 5) is 10.4. The maximum Gasteiger partial charge on any atom is 0.408 e. The van der Waals surface area contributed by atoms with E-state index in [1.165, 1.54) is 96.3 Å². The van der Waals surface area contributed by atoms with Crippen LogP contribution in [0.5, 0.6) is 0 Å². The standard InChI is InChI=1S/C21H41NO2/c1-3-4-5-6-7-8-9-10-11-12-13-14-15-16-17-18-19-20(2)22-21(23)24/h22H,2-19H2,1H3,(H,23,24). The van der Waals surface area contributed by atoms with Crippen molar-refractivity contribution in [1.82, 2.24) is 5.32 Å². The van der Waals surface area contributed by atoms with Gasteiger partial charge in [-0.25, -0.2) is 4.79 Å². The third-order valence-corrected chi connectivity index (χ3v) is 4.62. The number of carboxylic acid groups (broad SMARTS) is 1. The number of unbranched alkanes of at least 4 members (excludes halogenated alkanes) is 15. The van der Waals surface area contributed by atoms with Gasteiger partial charge in [-0.3, -0.25) is 5.32 Å². The first-order valence-electron chi connectivity index (χ1n) is 10.3. The van der Waals surface area contributed by atoms with Crippen molar-refractivity contribution in [2.45, 2.75) is 116 Å². The molecule has 0 aliphatic rings. The van der Waals surface area contributed by atoms with Gasteiger partial charge in [0.2, 0.25) is 0 Å². The van der Waals surface area contributed by atoms with E-state index in [2.05, 4.69) is 18.8 Å². The summed E-state index contributed by atoms with van der Waals surface area (Å²) >= 11 is 0. The molecule has 0 fully saturated rings. The van der Waals surface area contributed by atoms with Gasteiger partial charge in [0, 0.05) is 5.70 Å². The molecule has 0 saturated heterocycles. The van der Waals surface area contributed by atoms with E-state index in [4.69, 9.17) is 5.11 Å². The molecule has 0 aromatic heterocycles. The minimum absolute atomic E-state index is 0.618. The van der Waals surface area contributed by atoms with E-state index in [1.807, 2.05) is 0 Å². The normalized spacial score (nSPS) is 10.7. The maximum absolute atomic E-state index is 10.4. The molecule has 3 heteroatoms.